The van der Waals surface area contributed by atoms with Gasteiger partial charge in [-0.1, -0.05) is 44.2 Å². The Morgan fingerprint density at radius 2 is 1.86 bits per heavy atom. The van der Waals surface area contributed by atoms with E-state index in [4.69, 9.17) is 0 Å². The lowest BCUT2D eigenvalue weighted by molar-refractivity contribution is 0.321. The van der Waals surface area contributed by atoms with Gasteiger partial charge in [0.1, 0.15) is 0 Å². The maximum absolute atomic E-state index is 4.60. The van der Waals surface area contributed by atoms with E-state index in [9.17, 15) is 0 Å². The summed E-state index contributed by atoms with van der Waals surface area (Å²) in [7, 11) is 8.07. The van der Waals surface area contributed by atoms with E-state index in [2.05, 4.69) is 89.7 Å². The van der Waals surface area contributed by atoms with E-state index in [0.717, 1.165) is 44.3 Å². The fraction of sp³-hybridized carbons (Fsp3) is 0.545. The largest absolute Gasteiger partial charge is 0.356 e. The van der Waals surface area contributed by atoms with Crippen molar-refractivity contribution in [1.29, 1.82) is 0 Å². The van der Waals surface area contributed by atoms with Gasteiger partial charge in [-0.2, -0.15) is 5.10 Å². The van der Waals surface area contributed by atoms with Crippen LogP contribution in [0.1, 0.15) is 43.0 Å². The van der Waals surface area contributed by atoms with Crippen molar-refractivity contribution >= 4 is 29.9 Å². The van der Waals surface area contributed by atoms with Crippen LogP contribution in [0.25, 0.3) is 0 Å². The van der Waals surface area contributed by atoms with Crippen LogP contribution in [-0.2, 0) is 20.1 Å². The summed E-state index contributed by atoms with van der Waals surface area (Å²) in [4.78, 5) is 8.96. The first-order chi connectivity index (χ1) is 13.4. The van der Waals surface area contributed by atoms with Gasteiger partial charge >= 0.3 is 0 Å². The number of halogens is 1. The number of aryl methyl sites for hydroxylation is 1. The molecule has 2 rings (SSSR count). The van der Waals surface area contributed by atoms with Crippen molar-refractivity contribution in [3.8, 4) is 0 Å². The predicted molar refractivity (Wildman–Crippen MR) is 133 cm³/mol. The van der Waals surface area contributed by atoms with E-state index in [0.29, 0.717) is 5.92 Å². The third-order valence-electron chi connectivity index (χ3n) is 4.76. The first kappa shape index (κ1) is 25.4. The lowest BCUT2D eigenvalue weighted by Crippen LogP contribution is -2.39. The van der Waals surface area contributed by atoms with Crippen LogP contribution < -0.4 is 5.32 Å². The van der Waals surface area contributed by atoms with Gasteiger partial charge in [0, 0.05) is 52.5 Å². The third-order valence-corrected chi connectivity index (χ3v) is 4.76. The highest BCUT2D eigenvalue weighted by Crippen LogP contribution is 2.18. The van der Waals surface area contributed by atoms with E-state index in [1.54, 1.807) is 0 Å². The topological polar surface area (TPSA) is 48.7 Å². The zero-order valence-corrected chi connectivity index (χ0v) is 21.1. The van der Waals surface area contributed by atoms with E-state index >= 15 is 0 Å². The SMILES string of the molecule is CN=C(NCCCN(C)Cc1ccccc1)N(C)Cc1cn(C)nc1C(C)C.I. The molecule has 1 N–H and O–H groups in total. The Hall–Kier alpha value is -1.61. The molecule has 0 unspecified atom stereocenters. The molecular weight excluding hydrogens is 475 g/mol. The molecule has 1 aromatic heterocycles. The molecule has 29 heavy (non-hydrogen) atoms. The summed E-state index contributed by atoms with van der Waals surface area (Å²) in [6.07, 6.45) is 3.18. The normalized spacial score (nSPS) is 11.7. The van der Waals surface area contributed by atoms with Gasteiger partial charge in [0.25, 0.3) is 0 Å². The smallest absolute Gasteiger partial charge is 0.193 e. The van der Waals surface area contributed by atoms with Crippen LogP contribution in [0.3, 0.4) is 0 Å². The van der Waals surface area contributed by atoms with Crippen LogP contribution in [0, 0.1) is 0 Å². The molecule has 2 aromatic rings. The first-order valence-electron chi connectivity index (χ1n) is 10.1. The lowest BCUT2D eigenvalue weighted by atomic mass is 10.1. The van der Waals surface area contributed by atoms with Crippen molar-refractivity contribution in [2.75, 3.05) is 34.2 Å². The summed E-state index contributed by atoms with van der Waals surface area (Å²) in [5, 5.41) is 8.09. The highest BCUT2D eigenvalue weighted by molar-refractivity contribution is 14.0. The maximum Gasteiger partial charge on any atom is 0.193 e. The summed E-state index contributed by atoms with van der Waals surface area (Å²) in [6.45, 7) is 8.10. The molecule has 162 valence electrons. The van der Waals surface area contributed by atoms with Crippen molar-refractivity contribution in [3.63, 3.8) is 0 Å². The number of benzene rings is 1. The van der Waals surface area contributed by atoms with Crippen LogP contribution in [-0.4, -0.2) is 59.8 Å². The third kappa shape index (κ3) is 8.34. The van der Waals surface area contributed by atoms with E-state index in [-0.39, 0.29) is 24.0 Å². The second-order valence-corrected chi connectivity index (χ2v) is 7.77. The number of rotatable bonds is 9. The van der Waals surface area contributed by atoms with Gasteiger partial charge in [-0.25, -0.2) is 0 Å². The minimum Gasteiger partial charge on any atom is -0.356 e. The molecule has 0 amide bonds. The lowest BCUT2D eigenvalue weighted by Gasteiger charge is -2.23. The van der Waals surface area contributed by atoms with Crippen LogP contribution in [0.15, 0.2) is 41.5 Å². The van der Waals surface area contributed by atoms with Crippen molar-refractivity contribution in [1.82, 2.24) is 24.9 Å². The fourth-order valence-corrected chi connectivity index (χ4v) is 3.40. The average Bonchev–Trinajstić information content (AvgIpc) is 3.03. The van der Waals surface area contributed by atoms with E-state index in [1.165, 1.54) is 11.1 Å². The van der Waals surface area contributed by atoms with E-state index in [1.807, 2.05) is 18.8 Å². The molecule has 0 fully saturated rings. The predicted octanol–water partition coefficient (Wildman–Crippen LogP) is 3.69. The minimum absolute atomic E-state index is 0. The summed E-state index contributed by atoms with van der Waals surface area (Å²) < 4.78 is 1.90. The number of hydrogen-bond donors (Lipinski definition) is 1. The molecule has 7 heteroatoms. The Balaban J connectivity index is 0.00000420. The standard InChI is InChI=1S/C22H36N6.HI/c1-18(2)21-20(17-28(6)25-21)16-27(5)22(23-3)24-13-10-14-26(4)15-19-11-8-7-9-12-19;/h7-9,11-12,17-18H,10,13-16H2,1-6H3,(H,23,24);1H. The van der Waals surface area contributed by atoms with Crippen molar-refractivity contribution in [3.05, 3.63) is 53.3 Å². The van der Waals surface area contributed by atoms with Crippen LogP contribution >= 0.6 is 24.0 Å². The van der Waals surface area contributed by atoms with Crippen LogP contribution in [0.5, 0.6) is 0 Å². The molecule has 0 saturated carbocycles. The maximum atomic E-state index is 4.60. The summed E-state index contributed by atoms with van der Waals surface area (Å²) in [5.41, 5.74) is 3.77. The van der Waals surface area contributed by atoms with Crippen molar-refractivity contribution in [2.24, 2.45) is 12.0 Å². The highest BCUT2D eigenvalue weighted by atomic mass is 127. The molecule has 1 aromatic carbocycles. The molecule has 0 atom stereocenters. The Morgan fingerprint density at radius 3 is 2.48 bits per heavy atom. The number of guanidine groups is 1. The molecule has 1 heterocycles. The summed E-state index contributed by atoms with van der Waals surface area (Å²) in [6, 6.07) is 10.6. The second-order valence-electron chi connectivity index (χ2n) is 7.77. The Bertz CT molecular complexity index is 741. The quantitative estimate of drug-likeness (QED) is 0.241. The molecule has 6 nitrogen and oxygen atoms in total. The molecule has 0 saturated heterocycles. The van der Waals surface area contributed by atoms with Gasteiger partial charge in [-0.15, -0.1) is 24.0 Å². The first-order valence-corrected chi connectivity index (χ1v) is 10.1. The number of aromatic nitrogens is 2. The Labute approximate surface area is 193 Å². The van der Waals surface area contributed by atoms with Gasteiger partial charge in [0.2, 0.25) is 0 Å². The minimum atomic E-state index is 0. The van der Waals surface area contributed by atoms with Gasteiger partial charge < -0.3 is 15.1 Å². The number of hydrogen-bond acceptors (Lipinski definition) is 3. The Morgan fingerprint density at radius 1 is 1.17 bits per heavy atom. The van der Waals surface area contributed by atoms with Crippen molar-refractivity contribution in [2.45, 2.75) is 39.3 Å². The molecule has 0 bridgehead atoms. The van der Waals surface area contributed by atoms with Crippen LogP contribution in [0.4, 0.5) is 0 Å². The zero-order valence-electron chi connectivity index (χ0n) is 18.7. The second kappa shape index (κ2) is 12.8. The Kier molecular flexibility index (Phi) is 11.3. The molecule has 0 aliphatic carbocycles. The molecule has 0 spiro atoms. The monoisotopic (exact) mass is 512 g/mol. The zero-order chi connectivity index (χ0) is 20.5. The van der Waals surface area contributed by atoms with Gasteiger partial charge in [-0.3, -0.25) is 9.67 Å². The van der Waals surface area contributed by atoms with Crippen molar-refractivity contribution < 1.29 is 0 Å². The van der Waals surface area contributed by atoms with Crippen LogP contribution in [0.2, 0.25) is 0 Å². The molecule has 0 radical (unpaired) electrons. The number of aliphatic imine (C=N–C) groups is 1. The van der Waals surface area contributed by atoms with Gasteiger partial charge in [0.05, 0.1) is 5.69 Å². The highest BCUT2D eigenvalue weighted by Gasteiger charge is 2.15. The number of nitrogens with zero attached hydrogens (tertiary/aromatic N) is 5. The fourth-order valence-electron chi connectivity index (χ4n) is 3.40. The number of nitrogens with one attached hydrogen (secondary N) is 1. The molecular formula is C22H37IN6. The average molecular weight is 512 g/mol. The van der Waals surface area contributed by atoms with E-state index < -0.39 is 0 Å². The summed E-state index contributed by atoms with van der Waals surface area (Å²) >= 11 is 0. The van der Waals surface area contributed by atoms with Gasteiger partial charge in [0.15, 0.2) is 5.96 Å². The molecule has 0 aliphatic rings. The molecule has 0 aliphatic heterocycles. The summed E-state index contributed by atoms with van der Waals surface area (Å²) in [5.74, 6) is 1.34. The van der Waals surface area contributed by atoms with Gasteiger partial charge in [-0.05, 0) is 31.5 Å².